The van der Waals surface area contributed by atoms with Crippen molar-refractivity contribution in [2.75, 3.05) is 20.7 Å². The van der Waals surface area contributed by atoms with Crippen LogP contribution < -0.4 is 10.1 Å². The van der Waals surface area contributed by atoms with E-state index in [2.05, 4.69) is 21.7 Å². The van der Waals surface area contributed by atoms with Gasteiger partial charge in [-0.2, -0.15) is 0 Å². The van der Waals surface area contributed by atoms with Gasteiger partial charge in [0.1, 0.15) is 5.75 Å². The third-order valence-corrected chi connectivity index (χ3v) is 3.89. The summed E-state index contributed by atoms with van der Waals surface area (Å²) in [5, 5.41) is 6.48. The number of nitrogens with zero attached hydrogens (tertiary/aromatic N) is 1. The van der Waals surface area contributed by atoms with Gasteiger partial charge in [-0.1, -0.05) is 18.2 Å². The van der Waals surface area contributed by atoms with E-state index in [-0.39, 0.29) is 0 Å². The zero-order valence-corrected chi connectivity index (χ0v) is 12.3. The lowest BCUT2D eigenvalue weighted by atomic mass is 10.1. The Kier molecular flexibility index (Phi) is 5.36. The van der Waals surface area contributed by atoms with Crippen molar-refractivity contribution >= 4 is 11.3 Å². The highest BCUT2D eigenvalue weighted by Gasteiger charge is 2.07. The van der Waals surface area contributed by atoms with E-state index in [1.54, 1.807) is 18.4 Å². The van der Waals surface area contributed by atoms with Crippen LogP contribution in [0, 0.1) is 0 Å². The molecule has 1 aromatic heterocycles. The van der Waals surface area contributed by atoms with E-state index in [4.69, 9.17) is 4.74 Å². The summed E-state index contributed by atoms with van der Waals surface area (Å²) < 4.78 is 5.37. The third-order valence-electron chi connectivity index (χ3n) is 2.99. The van der Waals surface area contributed by atoms with Crippen LogP contribution in [-0.2, 0) is 12.8 Å². The van der Waals surface area contributed by atoms with Crippen LogP contribution in [0.5, 0.6) is 5.75 Å². The quantitative estimate of drug-likeness (QED) is 0.790. The number of ether oxygens (including phenoxy) is 1. The fraction of sp³-hybridized carbons (Fsp3) is 0.400. The van der Waals surface area contributed by atoms with Crippen molar-refractivity contribution in [1.82, 2.24) is 10.3 Å². The Hall–Kier alpha value is -1.39. The minimum Gasteiger partial charge on any atom is -0.496 e. The van der Waals surface area contributed by atoms with Crippen LogP contribution in [0.15, 0.2) is 29.6 Å². The van der Waals surface area contributed by atoms with Crippen LogP contribution in [0.25, 0.3) is 0 Å². The second-order valence-electron chi connectivity index (χ2n) is 4.43. The first kappa shape index (κ1) is 14.0. The summed E-state index contributed by atoms with van der Waals surface area (Å²) in [5.74, 6) is 0.939. The van der Waals surface area contributed by atoms with E-state index in [9.17, 15) is 0 Å². The van der Waals surface area contributed by atoms with E-state index in [0.29, 0.717) is 0 Å². The molecule has 0 amide bonds. The van der Waals surface area contributed by atoms with Gasteiger partial charge in [-0.15, -0.1) is 11.3 Å². The van der Waals surface area contributed by atoms with Crippen molar-refractivity contribution < 1.29 is 4.74 Å². The van der Waals surface area contributed by atoms with E-state index >= 15 is 0 Å². The van der Waals surface area contributed by atoms with Gasteiger partial charge in [0.25, 0.3) is 0 Å². The molecule has 3 nitrogen and oxygen atoms in total. The molecule has 0 radical (unpaired) electrons. The molecule has 19 heavy (non-hydrogen) atoms. The maximum absolute atomic E-state index is 5.37. The molecule has 0 spiro atoms. The van der Waals surface area contributed by atoms with E-state index in [1.165, 1.54) is 11.3 Å². The van der Waals surface area contributed by atoms with Crippen molar-refractivity contribution in [3.8, 4) is 5.75 Å². The molecule has 1 N–H and O–H groups in total. The van der Waals surface area contributed by atoms with Crippen molar-refractivity contribution in [2.24, 2.45) is 0 Å². The van der Waals surface area contributed by atoms with Gasteiger partial charge < -0.3 is 10.1 Å². The van der Waals surface area contributed by atoms with Gasteiger partial charge >= 0.3 is 0 Å². The second kappa shape index (κ2) is 7.26. The number of hydrogen-bond acceptors (Lipinski definition) is 4. The number of rotatable bonds is 7. The molecule has 0 saturated heterocycles. The summed E-state index contributed by atoms with van der Waals surface area (Å²) in [5.41, 5.74) is 2.39. The number of para-hydroxylation sites is 1. The molecule has 0 aliphatic carbocycles. The Balaban J connectivity index is 1.99. The second-order valence-corrected chi connectivity index (χ2v) is 5.37. The Morgan fingerprint density at radius 2 is 2.16 bits per heavy atom. The molecule has 0 atom stereocenters. The first-order valence-electron chi connectivity index (χ1n) is 6.53. The molecule has 4 heteroatoms. The Morgan fingerprint density at radius 3 is 2.95 bits per heavy atom. The summed E-state index contributed by atoms with van der Waals surface area (Å²) >= 11 is 1.73. The fourth-order valence-electron chi connectivity index (χ4n) is 2.00. The highest BCUT2D eigenvalue weighted by molar-refractivity contribution is 7.09. The van der Waals surface area contributed by atoms with E-state index < -0.39 is 0 Å². The molecule has 0 aliphatic heterocycles. The maximum atomic E-state index is 5.37. The standard InChI is InChI=1S/C15H20N2OS/c1-16-9-5-7-13-11-19-15(17-13)10-12-6-3-4-8-14(12)18-2/h3-4,6,8,11,16H,5,7,9-10H2,1-2H3. The monoisotopic (exact) mass is 276 g/mol. The first-order valence-corrected chi connectivity index (χ1v) is 7.41. The Morgan fingerprint density at radius 1 is 1.32 bits per heavy atom. The average molecular weight is 276 g/mol. The van der Waals surface area contributed by atoms with Gasteiger partial charge in [0.2, 0.25) is 0 Å². The topological polar surface area (TPSA) is 34.1 Å². The summed E-state index contributed by atoms with van der Waals surface area (Å²) in [6.07, 6.45) is 3.03. The summed E-state index contributed by atoms with van der Waals surface area (Å²) in [6.45, 7) is 1.04. The van der Waals surface area contributed by atoms with Gasteiger partial charge in [0, 0.05) is 17.4 Å². The molecular weight excluding hydrogens is 256 g/mol. The molecule has 0 fully saturated rings. The lowest BCUT2D eigenvalue weighted by Crippen LogP contribution is -2.08. The van der Waals surface area contributed by atoms with Crippen LogP contribution in [-0.4, -0.2) is 25.7 Å². The molecule has 102 valence electrons. The van der Waals surface area contributed by atoms with Crippen LogP contribution in [0.4, 0.5) is 0 Å². The molecular formula is C15H20N2OS. The Labute approximate surface area is 118 Å². The fourth-order valence-corrected chi connectivity index (χ4v) is 2.85. The van der Waals surface area contributed by atoms with Crippen LogP contribution in [0.3, 0.4) is 0 Å². The zero-order valence-electron chi connectivity index (χ0n) is 11.5. The number of nitrogens with one attached hydrogen (secondary N) is 1. The lowest BCUT2D eigenvalue weighted by molar-refractivity contribution is 0.410. The highest BCUT2D eigenvalue weighted by atomic mass is 32.1. The predicted molar refractivity (Wildman–Crippen MR) is 80.2 cm³/mol. The van der Waals surface area contributed by atoms with Gasteiger partial charge in [0.05, 0.1) is 17.8 Å². The maximum Gasteiger partial charge on any atom is 0.122 e. The molecule has 1 aromatic carbocycles. The molecule has 1 heterocycles. The van der Waals surface area contributed by atoms with Crippen LogP contribution >= 0.6 is 11.3 Å². The van der Waals surface area contributed by atoms with Crippen molar-refractivity contribution in [2.45, 2.75) is 19.3 Å². The average Bonchev–Trinajstić information content (AvgIpc) is 2.87. The summed E-state index contributed by atoms with van der Waals surface area (Å²) in [4.78, 5) is 4.69. The minimum absolute atomic E-state index is 0.848. The van der Waals surface area contributed by atoms with Crippen molar-refractivity contribution in [3.05, 3.63) is 45.9 Å². The number of benzene rings is 1. The van der Waals surface area contributed by atoms with E-state index in [0.717, 1.165) is 36.6 Å². The molecule has 0 bridgehead atoms. The smallest absolute Gasteiger partial charge is 0.122 e. The zero-order chi connectivity index (χ0) is 13.5. The Bertz CT molecular complexity index is 510. The molecule has 2 aromatic rings. The largest absolute Gasteiger partial charge is 0.496 e. The molecule has 0 unspecified atom stereocenters. The van der Waals surface area contributed by atoms with Crippen molar-refractivity contribution in [3.63, 3.8) is 0 Å². The third kappa shape index (κ3) is 4.04. The van der Waals surface area contributed by atoms with Crippen molar-refractivity contribution in [1.29, 1.82) is 0 Å². The lowest BCUT2D eigenvalue weighted by Gasteiger charge is -2.05. The van der Waals surface area contributed by atoms with Crippen LogP contribution in [0.1, 0.15) is 22.7 Å². The van der Waals surface area contributed by atoms with Crippen LogP contribution in [0.2, 0.25) is 0 Å². The number of hydrogen-bond donors (Lipinski definition) is 1. The van der Waals surface area contributed by atoms with E-state index in [1.807, 2.05) is 25.2 Å². The van der Waals surface area contributed by atoms with Gasteiger partial charge in [0.15, 0.2) is 0 Å². The normalized spacial score (nSPS) is 10.6. The minimum atomic E-state index is 0.848. The molecule has 0 saturated carbocycles. The SMILES string of the molecule is CNCCCc1csc(Cc2ccccc2OC)n1. The first-order chi connectivity index (χ1) is 9.33. The number of methoxy groups -OCH3 is 1. The highest BCUT2D eigenvalue weighted by Crippen LogP contribution is 2.22. The predicted octanol–water partition coefficient (Wildman–Crippen LogP) is 2.89. The number of thiazole rings is 1. The van der Waals surface area contributed by atoms with Gasteiger partial charge in [-0.05, 0) is 32.5 Å². The number of aryl methyl sites for hydroxylation is 1. The number of aromatic nitrogens is 1. The summed E-state index contributed by atoms with van der Waals surface area (Å²) in [6, 6.07) is 8.13. The van der Waals surface area contributed by atoms with Gasteiger partial charge in [-0.3, -0.25) is 0 Å². The summed E-state index contributed by atoms with van der Waals surface area (Å²) in [7, 11) is 3.69. The molecule has 2 rings (SSSR count). The molecule has 0 aliphatic rings. The van der Waals surface area contributed by atoms with Gasteiger partial charge in [-0.25, -0.2) is 4.98 Å².